The van der Waals surface area contributed by atoms with Crippen molar-refractivity contribution in [1.82, 2.24) is 9.73 Å². The highest BCUT2D eigenvalue weighted by Crippen LogP contribution is 2.20. The molecular formula is C24H24ClN3O3S. The Morgan fingerprint density at radius 1 is 0.969 bits per heavy atom. The standard InChI is InChI=1S/C24H24ClN3O3S/c1-2-19-8-10-20(11-9-19)16-26-27-24(29)18-28(17-21-6-4-3-5-7-21)32(30,31)23-14-12-22(25)13-15-23/h3-16H,2,17-18H2,1H3,(H,27,29)/b26-16-. The van der Waals surface area contributed by atoms with Crippen molar-refractivity contribution in [3.05, 3.63) is 101 Å². The Kier molecular flexibility index (Phi) is 8.16. The van der Waals surface area contributed by atoms with E-state index in [1.54, 1.807) is 12.1 Å². The fourth-order valence-corrected chi connectivity index (χ4v) is 4.49. The van der Waals surface area contributed by atoms with Gasteiger partial charge in [0.25, 0.3) is 5.91 Å². The third kappa shape index (κ3) is 6.50. The summed E-state index contributed by atoms with van der Waals surface area (Å²) < 4.78 is 27.5. The molecule has 1 N–H and O–H groups in total. The summed E-state index contributed by atoms with van der Waals surface area (Å²) in [6, 6.07) is 22.7. The molecule has 3 aromatic rings. The van der Waals surface area contributed by atoms with E-state index in [4.69, 9.17) is 11.6 Å². The molecule has 0 aliphatic carbocycles. The first kappa shape index (κ1) is 23.7. The molecule has 3 rings (SSSR count). The summed E-state index contributed by atoms with van der Waals surface area (Å²) in [5.74, 6) is -0.542. The van der Waals surface area contributed by atoms with Gasteiger partial charge >= 0.3 is 0 Å². The van der Waals surface area contributed by atoms with Crippen LogP contribution in [0.5, 0.6) is 0 Å². The van der Waals surface area contributed by atoms with E-state index >= 15 is 0 Å². The van der Waals surface area contributed by atoms with Gasteiger partial charge in [0, 0.05) is 11.6 Å². The third-order valence-electron chi connectivity index (χ3n) is 4.76. The molecule has 0 fully saturated rings. The molecule has 0 bridgehead atoms. The molecule has 166 valence electrons. The molecule has 32 heavy (non-hydrogen) atoms. The van der Waals surface area contributed by atoms with Crippen molar-refractivity contribution in [2.24, 2.45) is 5.10 Å². The molecule has 0 spiro atoms. The van der Waals surface area contributed by atoms with Gasteiger partial charge in [0.05, 0.1) is 17.7 Å². The van der Waals surface area contributed by atoms with Crippen molar-refractivity contribution in [1.29, 1.82) is 0 Å². The van der Waals surface area contributed by atoms with E-state index in [9.17, 15) is 13.2 Å². The lowest BCUT2D eigenvalue weighted by atomic mass is 10.1. The van der Waals surface area contributed by atoms with Crippen LogP contribution in [-0.4, -0.2) is 31.4 Å². The largest absolute Gasteiger partial charge is 0.272 e. The van der Waals surface area contributed by atoms with Gasteiger partial charge in [-0.25, -0.2) is 13.8 Å². The maximum absolute atomic E-state index is 13.2. The summed E-state index contributed by atoms with van der Waals surface area (Å²) in [4.78, 5) is 12.6. The maximum atomic E-state index is 13.2. The van der Waals surface area contributed by atoms with Crippen LogP contribution in [0.25, 0.3) is 0 Å². The second-order valence-electron chi connectivity index (χ2n) is 7.10. The molecule has 0 aliphatic heterocycles. The summed E-state index contributed by atoms with van der Waals surface area (Å²) in [6.07, 6.45) is 2.46. The SMILES string of the molecule is CCc1ccc(/C=N\NC(=O)CN(Cc2ccccc2)S(=O)(=O)c2ccc(Cl)cc2)cc1. The van der Waals surface area contributed by atoms with Crippen LogP contribution in [0.15, 0.2) is 88.9 Å². The second kappa shape index (κ2) is 11.0. The van der Waals surface area contributed by atoms with Crippen LogP contribution in [0.3, 0.4) is 0 Å². The van der Waals surface area contributed by atoms with Crippen molar-refractivity contribution in [3.63, 3.8) is 0 Å². The van der Waals surface area contributed by atoms with E-state index in [0.717, 1.165) is 21.9 Å². The number of nitrogens with zero attached hydrogens (tertiary/aromatic N) is 2. The summed E-state index contributed by atoms with van der Waals surface area (Å²) >= 11 is 5.89. The van der Waals surface area contributed by atoms with Crippen molar-refractivity contribution in [2.45, 2.75) is 24.8 Å². The minimum atomic E-state index is -3.93. The number of benzene rings is 3. The Labute approximate surface area is 193 Å². The van der Waals surface area contributed by atoms with Crippen LogP contribution >= 0.6 is 11.6 Å². The van der Waals surface area contributed by atoms with E-state index in [0.29, 0.717) is 5.02 Å². The molecule has 0 atom stereocenters. The van der Waals surface area contributed by atoms with Crippen LogP contribution in [-0.2, 0) is 27.8 Å². The summed E-state index contributed by atoms with van der Waals surface area (Å²) in [7, 11) is -3.93. The van der Waals surface area contributed by atoms with Crippen LogP contribution in [0.1, 0.15) is 23.6 Å². The molecule has 3 aromatic carbocycles. The number of carbonyl (C=O) groups is 1. The average molecular weight is 470 g/mol. The highest BCUT2D eigenvalue weighted by Gasteiger charge is 2.26. The number of aryl methyl sites for hydroxylation is 1. The van der Waals surface area contributed by atoms with Crippen LogP contribution in [0.2, 0.25) is 5.02 Å². The summed E-state index contributed by atoms with van der Waals surface area (Å²) in [5, 5.41) is 4.39. The molecular weight excluding hydrogens is 446 g/mol. The highest BCUT2D eigenvalue weighted by atomic mass is 35.5. The molecule has 0 aliphatic rings. The normalized spacial score (nSPS) is 11.7. The fourth-order valence-electron chi connectivity index (χ4n) is 2.98. The van der Waals surface area contributed by atoms with E-state index in [1.807, 2.05) is 42.5 Å². The topological polar surface area (TPSA) is 78.8 Å². The van der Waals surface area contributed by atoms with Gasteiger partial charge < -0.3 is 0 Å². The lowest BCUT2D eigenvalue weighted by Crippen LogP contribution is -2.39. The number of nitrogens with one attached hydrogen (secondary N) is 1. The zero-order chi connectivity index (χ0) is 23.0. The monoisotopic (exact) mass is 469 g/mol. The third-order valence-corrected chi connectivity index (χ3v) is 6.82. The lowest BCUT2D eigenvalue weighted by Gasteiger charge is -2.21. The van der Waals surface area contributed by atoms with E-state index in [1.165, 1.54) is 36.0 Å². The summed E-state index contributed by atoms with van der Waals surface area (Å²) in [5.41, 5.74) is 5.21. The van der Waals surface area contributed by atoms with Crippen molar-refractivity contribution >= 4 is 33.7 Å². The van der Waals surface area contributed by atoms with Crippen molar-refractivity contribution in [2.75, 3.05) is 6.54 Å². The molecule has 0 saturated carbocycles. The minimum absolute atomic E-state index is 0.0431. The molecule has 0 unspecified atom stereocenters. The van der Waals surface area contributed by atoms with Crippen LogP contribution in [0, 0.1) is 0 Å². The van der Waals surface area contributed by atoms with Crippen molar-refractivity contribution in [3.8, 4) is 0 Å². The summed E-state index contributed by atoms with van der Waals surface area (Å²) in [6.45, 7) is 1.73. The predicted octanol–water partition coefficient (Wildman–Crippen LogP) is 4.24. The average Bonchev–Trinajstić information content (AvgIpc) is 2.80. The Morgan fingerprint density at radius 2 is 1.62 bits per heavy atom. The van der Waals surface area contributed by atoms with Crippen molar-refractivity contribution < 1.29 is 13.2 Å². The zero-order valence-corrected chi connectivity index (χ0v) is 19.2. The minimum Gasteiger partial charge on any atom is -0.272 e. The Hall–Kier alpha value is -3.00. The Morgan fingerprint density at radius 3 is 2.25 bits per heavy atom. The van der Waals surface area contributed by atoms with Gasteiger partial charge in [-0.3, -0.25) is 4.79 Å². The lowest BCUT2D eigenvalue weighted by molar-refractivity contribution is -0.121. The van der Waals surface area contributed by atoms with E-state index in [-0.39, 0.29) is 18.0 Å². The molecule has 1 amide bonds. The predicted molar refractivity (Wildman–Crippen MR) is 127 cm³/mol. The molecule has 0 saturated heterocycles. The Balaban J connectivity index is 1.74. The van der Waals surface area contributed by atoms with Gasteiger partial charge in [-0.2, -0.15) is 9.41 Å². The molecule has 8 heteroatoms. The number of rotatable bonds is 9. The van der Waals surface area contributed by atoms with Crippen LogP contribution in [0.4, 0.5) is 0 Å². The first-order valence-electron chi connectivity index (χ1n) is 10.1. The number of hydrazone groups is 1. The first-order chi connectivity index (χ1) is 15.4. The highest BCUT2D eigenvalue weighted by molar-refractivity contribution is 7.89. The molecule has 0 heterocycles. The number of sulfonamides is 1. The van der Waals surface area contributed by atoms with Crippen LogP contribution < -0.4 is 5.43 Å². The quantitative estimate of drug-likeness (QED) is 0.376. The van der Waals surface area contributed by atoms with Gasteiger partial charge in [-0.15, -0.1) is 0 Å². The zero-order valence-electron chi connectivity index (χ0n) is 17.6. The molecule has 0 radical (unpaired) electrons. The molecule has 6 nitrogen and oxygen atoms in total. The van der Waals surface area contributed by atoms with Gasteiger partial charge in [-0.1, -0.05) is 73.1 Å². The second-order valence-corrected chi connectivity index (χ2v) is 9.48. The van der Waals surface area contributed by atoms with Gasteiger partial charge in [0.1, 0.15) is 0 Å². The molecule has 0 aromatic heterocycles. The number of halogens is 1. The first-order valence-corrected chi connectivity index (χ1v) is 11.9. The van der Waals surface area contributed by atoms with Gasteiger partial charge in [0.15, 0.2) is 0 Å². The number of carbonyl (C=O) groups excluding carboxylic acids is 1. The van der Waals surface area contributed by atoms with Gasteiger partial charge in [0.2, 0.25) is 10.0 Å². The Bertz CT molecular complexity index is 1160. The van der Waals surface area contributed by atoms with E-state index in [2.05, 4.69) is 17.5 Å². The van der Waals surface area contributed by atoms with E-state index < -0.39 is 15.9 Å². The van der Waals surface area contributed by atoms with Gasteiger partial charge in [-0.05, 0) is 47.4 Å². The number of hydrogen-bond acceptors (Lipinski definition) is 4. The maximum Gasteiger partial charge on any atom is 0.255 e. The number of amides is 1. The number of hydrogen-bond donors (Lipinski definition) is 1. The fraction of sp³-hybridized carbons (Fsp3) is 0.167. The smallest absolute Gasteiger partial charge is 0.255 e.